The number of ether oxygens (including phenoxy) is 3. The van der Waals surface area contributed by atoms with Crippen LogP contribution in [0, 0.1) is 11.7 Å². The quantitative estimate of drug-likeness (QED) is 0.293. The number of hydrogen-bond acceptors (Lipinski definition) is 4. The molecule has 0 saturated carbocycles. The first-order chi connectivity index (χ1) is 17.7. The average molecular weight is 545 g/mol. The van der Waals surface area contributed by atoms with Crippen LogP contribution in [0.3, 0.4) is 0 Å². The fourth-order valence-corrected chi connectivity index (χ4v) is 5.20. The third-order valence-corrected chi connectivity index (χ3v) is 7.12. The zero-order chi connectivity index (χ0) is 26.7. The second-order valence-corrected chi connectivity index (χ2v) is 9.93. The maximum absolute atomic E-state index is 13.8. The molecule has 0 bridgehead atoms. The molecule has 0 amide bonds. The number of hydrogen-bond donors (Lipinski definition) is 1. The molecular formula is C29H27Cl2FO5. The second-order valence-electron chi connectivity index (χ2n) is 9.09. The Morgan fingerprint density at radius 2 is 1.73 bits per heavy atom. The van der Waals surface area contributed by atoms with Crippen LogP contribution in [0.5, 0.6) is 11.5 Å². The minimum absolute atomic E-state index is 0.0925. The van der Waals surface area contributed by atoms with Crippen molar-refractivity contribution in [2.24, 2.45) is 5.92 Å². The average Bonchev–Trinajstić information content (AvgIpc) is 2.87. The van der Waals surface area contributed by atoms with Gasteiger partial charge in [0.25, 0.3) is 0 Å². The molecule has 1 fully saturated rings. The molecule has 1 saturated heterocycles. The highest BCUT2D eigenvalue weighted by Gasteiger charge is 2.42. The first kappa shape index (κ1) is 27.0. The summed E-state index contributed by atoms with van der Waals surface area (Å²) in [5, 5.41) is 10.1. The summed E-state index contributed by atoms with van der Waals surface area (Å²) in [7, 11) is 1.52. The number of carboxylic acid groups (broad SMARTS) is 1. The largest absolute Gasteiger partial charge is 0.497 e. The zero-order valence-corrected chi connectivity index (χ0v) is 21.9. The Hall–Kier alpha value is -3.06. The van der Waals surface area contributed by atoms with Crippen molar-refractivity contribution >= 4 is 29.2 Å². The third kappa shape index (κ3) is 6.09. The van der Waals surface area contributed by atoms with Crippen LogP contribution in [0.25, 0.3) is 0 Å². The van der Waals surface area contributed by atoms with E-state index in [1.165, 1.54) is 19.2 Å². The van der Waals surface area contributed by atoms with E-state index in [1.54, 1.807) is 24.3 Å². The monoisotopic (exact) mass is 544 g/mol. The SMILES string of the molecule is C=C(C)[C@H]1C[C@H](c2ccc(Cl)cc2)[C@H](c2ccc(F)cc2)O[C@@H]1c1cc(OC)cc(Cl)c1OCC(=O)O. The minimum Gasteiger partial charge on any atom is -0.497 e. The predicted octanol–water partition coefficient (Wildman–Crippen LogP) is 7.78. The fraction of sp³-hybridized carbons (Fsp3) is 0.276. The van der Waals surface area contributed by atoms with E-state index in [0.29, 0.717) is 22.8 Å². The van der Waals surface area contributed by atoms with Gasteiger partial charge in [-0.15, -0.1) is 0 Å². The highest BCUT2D eigenvalue weighted by atomic mass is 35.5. The van der Waals surface area contributed by atoms with E-state index in [-0.39, 0.29) is 28.4 Å². The lowest BCUT2D eigenvalue weighted by molar-refractivity contribution is -0.139. The molecule has 1 aliphatic heterocycles. The first-order valence-electron chi connectivity index (χ1n) is 11.7. The van der Waals surface area contributed by atoms with Crippen LogP contribution in [0.2, 0.25) is 10.0 Å². The van der Waals surface area contributed by atoms with Crippen LogP contribution >= 0.6 is 23.2 Å². The normalized spacial score (nSPS) is 21.3. The Labute approximate surface area is 225 Å². The van der Waals surface area contributed by atoms with Gasteiger partial charge >= 0.3 is 5.97 Å². The maximum atomic E-state index is 13.8. The molecule has 5 nitrogen and oxygen atoms in total. The molecule has 0 unspecified atom stereocenters. The Morgan fingerprint density at radius 1 is 1.08 bits per heavy atom. The number of methoxy groups -OCH3 is 1. The van der Waals surface area contributed by atoms with Crippen molar-refractivity contribution in [1.82, 2.24) is 0 Å². The summed E-state index contributed by atoms with van der Waals surface area (Å²) < 4.78 is 31.7. The molecule has 0 aliphatic carbocycles. The van der Waals surface area contributed by atoms with E-state index in [4.69, 9.17) is 37.4 Å². The van der Waals surface area contributed by atoms with Crippen molar-refractivity contribution in [2.75, 3.05) is 13.7 Å². The number of carbonyl (C=O) groups is 1. The number of benzene rings is 3. The highest BCUT2D eigenvalue weighted by molar-refractivity contribution is 6.32. The molecule has 1 heterocycles. The molecule has 0 aromatic heterocycles. The van der Waals surface area contributed by atoms with Crippen LogP contribution in [-0.4, -0.2) is 24.8 Å². The number of rotatable bonds is 8. The van der Waals surface area contributed by atoms with Gasteiger partial charge in [0.1, 0.15) is 17.3 Å². The fourth-order valence-electron chi connectivity index (χ4n) is 4.81. The number of halogens is 3. The summed E-state index contributed by atoms with van der Waals surface area (Å²) in [5.74, 6) is -1.06. The molecule has 3 aromatic rings. The third-order valence-electron chi connectivity index (χ3n) is 6.59. The van der Waals surface area contributed by atoms with Crippen molar-refractivity contribution < 1.29 is 28.5 Å². The standard InChI is InChI=1S/C29H27Cl2FO5/c1-16(2)22-14-23(17-4-8-19(30)9-5-17)27(18-6-10-20(32)11-7-18)37-28(22)24-12-21(35-3)13-25(31)29(24)36-15-26(33)34/h4-13,22-23,27-28H,1,14-15H2,2-3H3,(H,33,34)/t22-,23-,27+,28+/m1/s1. The van der Waals surface area contributed by atoms with E-state index in [0.717, 1.165) is 16.7 Å². The molecule has 37 heavy (non-hydrogen) atoms. The topological polar surface area (TPSA) is 65.0 Å². The van der Waals surface area contributed by atoms with Crippen LogP contribution in [0.1, 0.15) is 48.2 Å². The highest BCUT2D eigenvalue weighted by Crippen LogP contribution is 2.54. The van der Waals surface area contributed by atoms with Gasteiger partial charge in [-0.1, -0.05) is 59.6 Å². The summed E-state index contributed by atoms with van der Waals surface area (Å²) in [4.78, 5) is 11.3. The van der Waals surface area contributed by atoms with Gasteiger partial charge in [0, 0.05) is 28.5 Å². The molecule has 3 aromatic carbocycles. The van der Waals surface area contributed by atoms with Crippen LogP contribution in [0.15, 0.2) is 72.8 Å². The van der Waals surface area contributed by atoms with Gasteiger partial charge in [0.15, 0.2) is 6.61 Å². The molecule has 194 valence electrons. The molecule has 8 heteroatoms. The van der Waals surface area contributed by atoms with E-state index < -0.39 is 24.8 Å². The van der Waals surface area contributed by atoms with Crippen molar-refractivity contribution in [2.45, 2.75) is 31.5 Å². The molecular weight excluding hydrogens is 518 g/mol. The summed E-state index contributed by atoms with van der Waals surface area (Å²) >= 11 is 12.7. The van der Waals surface area contributed by atoms with Crippen molar-refractivity contribution in [3.8, 4) is 11.5 Å². The molecule has 4 rings (SSSR count). The van der Waals surface area contributed by atoms with Crippen molar-refractivity contribution in [3.05, 3.63) is 105 Å². The number of aliphatic carboxylic acids is 1. The molecule has 4 atom stereocenters. The molecule has 0 radical (unpaired) electrons. The van der Waals surface area contributed by atoms with Crippen molar-refractivity contribution in [1.29, 1.82) is 0 Å². The van der Waals surface area contributed by atoms with Gasteiger partial charge in [-0.05, 0) is 54.8 Å². The van der Waals surface area contributed by atoms with Crippen LogP contribution in [0.4, 0.5) is 4.39 Å². The van der Waals surface area contributed by atoms with E-state index in [9.17, 15) is 14.3 Å². The minimum atomic E-state index is -1.13. The summed E-state index contributed by atoms with van der Waals surface area (Å²) in [6.45, 7) is 5.58. The van der Waals surface area contributed by atoms with Crippen LogP contribution in [-0.2, 0) is 9.53 Å². The summed E-state index contributed by atoms with van der Waals surface area (Å²) in [6.07, 6.45) is -0.399. The lowest BCUT2D eigenvalue weighted by Gasteiger charge is -2.43. The Morgan fingerprint density at radius 3 is 2.32 bits per heavy atom. The Bertz CT molecular complexity index is 1280. The maximum Gasteiger partial charge on any atom is 0.341 e. The van der Waals surface area contributed by atoms with Gasteiger partial charge in [-0.25, -0.2) is 9.18 Å². The zero-order valence-electron chi connectivity index (χ0n) is 20.4. The summed E-state index contributed by atoms with van der Waals surface area (Å²) in [6, 6.07) is 17.1. The van der Waals surface area contributed by atoms with E-state index in [2.05, 4.69) is 6.58 Å². The molecule has 0 spiro atoms. The van der Waals surface area contributed by atoms with Gasteiger partial charge < -0.3 is 19.3 Å². The van der Waals surface area contributed by atoms with E-state index in [1.807, 2.05) is 31.2 Å². The molecule has 1 aliphatic rings. The van der Waals surface area contributed by atoms with Gasteiger partial charge in [0.2, 0.25) is 0 Å². The second kappa shape index (κ2) is 11.5. The predicted molar refractivity (Wildman–Crippen MR) is 141 cm³/mol. The smallest absolute Gasteiger partial charge is 0.341 e. The lowest BCUT2D eigenvalue weighted by atomic mass is 9.74. The first-order valence-corrected chi connectivity index (χ1v) is 12.5. The van der Waals surface area contributed by atoms with Gasteiger partial charge in [0.05, 0.1) is 24.3 Å². The van der Waals surface area contributed by atoms with Gasteiger partial charge in [-0.2, -0.15) is 0 Å². The van der Waals surface area contributed by atoms with E-state index >= 15 is 0 Å². The Balaban J connectivity index is 1.84. The van der Waals surface area contributed by atoms with Crippen LogP contribution < -0.4 is 9.47 Å². The van der Waals surface area contributed by atoms with Gasteiger partial charge in [-0.3, -0.25) is 0 Å². The Kier molecular flexibility index (Phi) is 8.42. The molecule has 1 N–H and O–H groups in total. The van der Waals surface area contributed by atoms with Crippen molar-refractivity contribution in [3.63, 3.8) is 0 Å². The number of carboxylic acids is 1. The summed E-state index contributed by atoms with van der Waals surface area (Å²) in [5.41, 5.74) is 3.26. The lowest BCUT2D eigenvalue weighted by Crippen LogP contribution is -2.32.